The van der Waals surface area contributed by atoms with Gasteiger partial charge < -0.3 is 0 Å². The van der Waals surface area contributed by atoms with Gasteiger partial charge in [-0.2, -0.15) is 0 Å². The van der Waals surface area contributed by atoms with E-state index in [1.807, 2.05) is 18.5 Å². The summed E-state index contributed by atoms with van der Waals surface area (Å²) in [7, 11) is 2.15. The Morgan fingerprint density at radius 3 is 3.15 bits per heavy atom. The van der Waals surface area contributed by atoms with Crippen molar-refractivity contribution in [2.24, 2.45) is 0 Å². The molecule has 0 spiro atoms. The second-order valence-corrected chi connectivity index (χ2v) is 3.43. The zero-order chi connectivity index (χ0) is 9.10. The zero-order valence-corrected chi connectivity index (χ0v) is 7.85. The van der Waals surface area contributed by atoms with Gasteiger partial charge in [0.2, 0.25) is 0 Å². The largest absolute Gasteiger partial charge is 0.296 e. The van der Waals surface area contributed by atoms with Crippen LogP contribution in [0.4, 0.5) is 0 Å². The van der Waals surface area contributed by atoms with Crippen LogP contribution in [0.25, 0.3) is 0 Å². The van der Waals surface area contributed by atoms with Crippen molar-refractivity contribution in [2.75, 3.05) is 13.6 Å². The molecule has 0 aromatic carbocycles. The third-order valence-corrected chi connectivity index (χ3v) is 2.47. The molecule has 0 saturated heterocycles. The van der Waals surface area contributed by atoms with Crippen LogP contribution < -0.4 is 0 Å². The van der Waals surface area contributed by atoms with E-state index < -0.39 is 0 Å². The summed E-state index contributed by atoms with van der Waals surface area (Å²) in [6.07, 6.45) is 9.41. The topological polar surface area (TPSA) is 16.1 Å². The molecule has 0 fully saturated rings. The lowest BCUT2D eigenvalue weighted by Gasteiger charge is -2.28. The minimum atomic E-state index is 0.419. The molecule has 0 unspecified atom stereocenters. The second-order valence-electron chi connectivity index (χ2n) is 3.43. The quantitative estimate of drug-likeness (QED) is 0.605. The lowest BCUT2D eigenvalue weighted by atomic mass is 10.0. The van der Waals surface area contributed by atoms with Gasteiger partial charge in [0.25, 0.3) is 0 Å². The van der Waals surface area contributed by atoms with Crippen molar-refractivity contribution in [2.45, 2.75) is 12.5 Å². The number of aromatic nitrogens is 1. The monoisotopic (exact) mass is 174 g/mol. The third-order valence-electron chi connectivity index (χ3n) is 2.47. The van der Waals surface area contributed by atoms with E-state index in [1.165, 1.54) is 5.56 Å². The maximum Gasteiger partial charge on any atom is 0.0544 e. The third kappa shape index (κ3) is 1.78. The zero-order valence-electron chi connectivity index (χ0n) is 7.85. The minimum Gasteiger partial charge on any atom is -0.296 e. The van der Waals surface area contributed by atoms with E-state index >= 15 is 0 Å². The van der Waals surface area contributed by atoms with E-state index in [0.717, 1.165) is 13.0 Å². The molecule has 0 bridgehead atoms. The molecule has 1 aliphatic rings. The molecular weight excluding hydrogens is 160 g/mol. The standard InChI is InChI=1S/C11H14N2/c1-13-8-3-2-6-11(13)10-5-4-7-12-9-10/h2,4-7,9,11H,3,8H2,1H3/t11-/m1/s1. The Labute approximate surface area is 78.9 Å². The summed E-state index contributed by atoms with van der Waals surface area (Å²) in [4.78, 5) is 6.48. The van der Waals surface area contributed by atoms with Gasteiger partial charge in [-0.15, -0.1) is 0 Å². The summed E-state index contributed by atoms with van der Waals surface area (Å²) in [5, 5.41) is 0. The van der Waals surface area contributed by atoms with Crippen molar-refractivity contribution in [1.29, 1.82) is 0 Å². The molecule has 13 heavy (non-hydrogen) atoms. The molecule has 2 heteroatoms. The van der Waals surface area contributed by atoms with Crippen LogP contribution in [-0.2, 0) is 0 Å². The number of rotatable bonds is 1. The molecule has 0 amide bonds. The number of pyridine rings is 1. The van der Waals surface area contributed by atoms with E-state index in [-0.39, 0.29) is 0 Å². The van der Waals surface area contributed by atoms with Gasteiger partial charge in [-0.25, -0.2) is 0 Å². The summed E-state index contributed by atoms with van der Waals surface area (Å²) >= 11 is 0. The molecule has 2 nitrogen and oxygen atoms in total. The van der Waals surface area contributed by atoms with E-state index in [9.17, 15) is 0 Å². The van der Waals surface area contributed by atoms with Gasteiger partial charge in [0.05, 0.1) is 6.04 Å². The van der Waals surface area contributed by atoms with Crippen molar-refractivity contribution in [3.8, 4) is 0 Å². The van der Waals surface area contributed by atoms with E-state index in [4.69, 9.17) is 0 Å². The van der Waals surface area contributed by atoms with Crippen molar-refractivity contribution in [3.05, 3.63) is 42.2 Å². The second kappa shape index (κ2) is 3.71. The smallest absolute Gasteiger partial charge is 0.0544 e. The highest BCUT2D eigenvalue weighted by Crippen LogP contribution is 2.23. The van der Waals surface area contributed by atoms with Crippen LogP contribution in [0.2, 0.25) is 0 Å². The van der Waals surface area contributed by atoms with Crippen molar-refractivity contribution in [3.63, 3.8) is 0 Å². The number of hydrogen-bond acceptors (Lipinski definition) is 2. The highest BCUT2D eigenvalue weighted by atomic mass is 15.1. The average molecular weight is 174 g/mol. The van der Waals surface area contributed by atoms with Gasteiger partial charge in [0.1, 0.15) is 0 Å². The maximum atomic E-state index is 4.13. The number of likely N-dealkylation sites (N-methyl/N-ethyl adjacent to an activating group) is 1. The molecule has 0 N–H and O–H groups in total. The Hall–Kier alpha value is -1.15. The van der Waals surface area contributed by atoms with Gasteiger partial charge in [-0.1, -0.05) is 18.2 Å². The first-order valence-corrected chi connectivity index (χ1v) is 4.65. The summed E-state index contributed by atoms with van der Waals surface area (Å²) in [5.41, 5.74) is 1.28. The van der Waals surface area contributed by atoms with Crippen LogP contribution in [0.3, 0.4) is 0 Å². The summed E-state index contributed by atoms with van der Waals surface area (Å²) < 4.78 is 0. The van der Waals surface area contributed by atoms with Gasteiger partial charge in [-0.05, 0) is 25.1 Å². The van der Waals surface area contributed by atoms with Gasteiger partial charge in [-0.3, -0.25) is 9.88 Å². The predicted octanol–water partition coefficient (Wildman–Crippen LogP) is 2.01. The van der Waals surface area contributed by atoms with E-state index in [0.29, 0.717) is 6.04 Å². The van der Waals surface area contributed by atoms with Gasteiger partial charge in [0.15, 0.2) is 0 Å². The Morgan fingerprint density at radius 2 is 2.46 bits per heavy atom. The minimum absolute atomic E-state index is 0.419. The van der Waals surface area contributed by atoms with Crippen LogP contribution in [0, 0.1) is 0 Å². The van der Waals surface area contributed by atoms with E-state index in [2.05, 4.69) is 35.1 Å². The molecule has 1 atom stereocenters. The average Bonchev–Trinajstić information content (AvgIpc) is 2.20. The van der Waals surface area contributed by atoms with Crippen molar-refractivity contribution < 1.29 is 0 Å². The fourth-order valence-electron chi connectivity index (χ4n) is 1.71. The lowest BCUT2D eigenvalue weighted by molar-refractivity contribution is 0.279. The predicted molar refractivity (Wildman–Crippen MR) is 53.4 cm³/mol. The Bertz CT molecular complexity index is 292. The summed E-state index contributed by atoms with van der Waals surface area (Å²) in [6.45, 7) is 1.13. The maximum absolute atomic E-state index is 4.13. The van der Waals surface area contributed by atoms with Gasteiger partial charge in [0, 0.05) is 18.9 Å². The van der Waals surface area contributed by atoms with Crippen LogP contribution >= 0.6 is 0 Å². The van der Waals surface area contributed by atoms with Gasteiger partial charge >= 0.3 is 0 Å². The Balaban J connectivity index is 2.25. The molecule has 2 rings (SSSR count). The molecule has 1 aromatic heterocycles. The van der Waals surface area contributed by atoms with Crippen molar-refractivity contribution >= 4 is 0 Å². The lowest BCUT2D eigenvalue weighted by Crippen LogP contribution is -2.26. The summed E-state index contributed by atoms with van der Waals surface area (Å²) in [6, 6.07) is 4.54. The first-order chi connectivity index (χ1) is 6.38. The molecule has 0 saturated carbocycles. The fourth-order valence-corrected chi connectivity index (χ4v) is 1.71. The molecule has 1 aromatic rings. The SMILES string of the molecule is CN1CCC=C[C@@H]1c1cccnc1. The molecule has 0 aliphatic carbocycles. The fraction of sp³-hybridized carbons (Fsp3) is 0.364. The Kier molecular flexibility index (Phi) is 2.41. The van der Waals surface area contributed by atoms with Crippen LogP contribution in [0.5, 0.6) is 0 Å². The van der Waals surface area contributed by atoms with E-state index in [1.54, 1.807) is 0 Å². The molecule has 0 radical (unpaired) electrons. The molecule has 1 aliphatic heterocycles. The summed E-state index contributed by atoms with van der Waals surface area (Å²) in [5.74, 6) is 0. The number of hydrogen-bond donors (Lipinski definition) is 0. The molecule has 68 valence electrons. The molecular formula is C11H14N2. The highest BCUT2D eigenvalue weighted by Gasteiger charge is 2.15. The normalized spacial score (nSPS) is 23.3. The van der Waals surface area contributed by atoms with Crippen molar-refractivity contribution in [1.82, 2.24) is 9.88 Å². The van der Waals surface area contributed by atoms with Crippen LogP contribution in [0.15, 0.2) is 36.7 Å². The molecule has 2 heterocycles. The Morgan fingerprint density at radius 1 is 1.54 bits per heavy atom. The first kappa shape index (κ1) is 8.45. The van der Waals surface area contributed by atoms with Crippen LogP contribution in [-0.4, -0.2) is 23.5 Å². The first-order valence-electron chi connectivity index (χ1n) is 4.65. The number of nitrogens with zero attached hydrogens (tertiary/aromatic N) is 2. The highest BCUT2D eigenvalue weighted by molar-refractivity contribution is 5.20. The van der Waals surface area contributed by atoms with Crippen LogP contribution in [0.1, 0.15) is 18.0 Å².